The molecule has 0 saturated carbocycles. The zero-order chi connectivity index (χ0) is 15.7. The number of aromatic nitrogens is 1. The van der Waals surface area contributed by atoms with Gasteiger partial charge in [0.2, 0.25) is 5.89 Å². The predicted octanol–water partition coefficient (Wildman–Crippen LogP) is 5.17. The molecule has 0 aliphatic heterocycles. The summed E-state index contributed by atoms with van der Waals surface area (Å²) in [6, 6.07) is 10.6. The SMILES string of the molecule is Fc1ccccc1-c1cnc(-c2cccc(C(F)(F)F)c2)o1. The highest BCUT2D eigenvalue weighted by molar-refractivity contribution is 5.62. The van der Waals surface area contributed by atoms with Gasteiger partial charge in [-0.05, 0) is 30.3 Å². The molecule has 22 heavy (non-hydrogen) atoms. The summed E-state index contributed by atoms with van der Waals surface area (Å²) in [7, 11) is 0. The van der Waals surface area contributed by atoms with Crippen LogP contribution in [0.3, 0.4) is 0 Å². The molecule has 1 aromatic heterocycles. The number of halogens is 4. The van der Waals surface area contributed by atoms with Crippen molar-refractivity contribution in [2.24, 2.45) is 0 Å². The Morgan fingerprint density at radius 2 is 1.73 bits per heavy atom. The number of hydrogen-bond acceptors (Lipinski definition) is 2. The number of benzene rings is 2. The van der Waals surface area contributed by atoms with E-state index in [4.69, 9.17) is 4.42 Å². The first-order valence-electron chi connectivity index (χ1n) is 6.33. The summed E-state index contributed by atoms with van der Waals surface area (Å²) in [6.07, 6.45) is -3.16. The number of hydrogen-bond donors (Lipinski definition) is 0. The molecule has 0 N–H and O–H groups in total. The molecule has 0 unspecified atom stereocenters. The Balaban J connectivity index is 2.00. The first-order valence-corrected chi connectivity index (χ1v) is 6.33. The predicted molar refractivity (Wildman–Crippen MR) is 72.3 cm³/mol. The Kier molecular flexibility index (Phi) is 3.44. The average Bonchev–Trinajstić information content (AvgIpc) is 2.97. The molecule has 0 atom stereocenters. The van der Waals surface area contributed by atoms with E-state index in [0.29, 0.717) is 0 Å². The van der Waals surface area contributed by atoms with E-state index in [1.54, 1.807) is 6.07 Å². The third kappa shape index (κ3) is 2.72. The lowest BCUT2D eigenvalue weighted by Gasteiger charge is -2.06. The van der Waals surface area contributed by atoms with E-state index < -0.39 is 17.6 Å². The highest BCUT2D eigenvalue weighted by atomic mass is 19.4. The normalized spacial score (nSPS) is 11.6. The fourth-order valence-corrected chi connectivity index (χ4v) is 2.02. The molecular formula is C16H9F4NO. The molecule has 6 heteroatoms. The molecule has 2 aromatic carbocycles. The van der Waals surface area contributed by atoms with Gasteiger partial charge >= 0.3 is 6.18 Å². The van der Waals surface area contributed by atoms with Gasteiger partial charge in [-0.25, -0.2) is 9.37 Å². The fraction of sp³-hybridized carbons (Fsp3) is 0.0625. The minimum absolute atomic E-state index is 0.00403. The van der Waals surface area contributed by atoms with Crippen LogP contribution in [0.25, 0.3) is 22.8 Å². The van der Waals surface area contributed by atoms with Crippen molar-refractivity contribution in [3.05, 3.63) is 66.1 Å². The van der Waals surface area contributed by atoms with Crippen LogP contribution in [0, 0.1) is 5.82 Å². The highest BCUT2D eigenvalue weighted by Crippen LogP contribution is 2.33. The van der Waals surface area contributed by atoms with Crippen molar-refractivity contribution in [1.29, 1.82) is 0 Å². The van der Waals surface area contributed by atoms with Crippen molar-refractivity contribution in [1.82, 2.24) is 4.98 Å². The van der Waals surface area contributed by atoms with Gasteiger partial charge in [-0.2, -0.15) is 13.2 Å². The van der Waals surface area contributed by atoms with Gasteiger partial charge in [0.15, 0.2) is 5.76 Å². The lowest BCUT2D eigenvalue weighted by Crippen LogP contribution is -2.04. The van der Waals surface area contributed by atoms with E-state index in [1.165, 1.54) is 36.5 Å². The van der Waals surface area contributed by atoms with Crippen LogP contribution >= 0.6 is 0 Å². The Hall–Kier alpha value is -2.63. The van der Waals surface area contributed by atoms with Crippen molar-refractivity contribution in [3.8, 4) is 22.8 Å². The highest BCUT2D eigenvalue weighted by Gasteiger charge is 2.30. The van der Waals surface area contributed by atoms with Gasteiger partial charge in [-0.1, -0.05) is 18.2 Å². The summed E-state index contributed by atoms with van der Waals surface area (Å²) in [5, 5.41) is 0. The number of alkyl halides is 3. The standard InChI is InChI=1S/C16H9F4NO/c17-13-7-2-1-6-12(13)14-9-21-15(22-14)10-4-3-5-11(8-10)16(18,19)20/h1-9H. The summed E-state index contributed by atoms with van der Waals surface area (Å²) in [6.45, 7) is 0. The van der Waals surface area contributed by atoms with Crippen LogP contribution in [-0.2, 0) is 6.18 Å². The van der Waals surface area contributed by atoms with Crippen LogP contribution in [0.4, 0.5) is 17.6 Å². The van der Waals surface area contributed by atoms with Crippen molar-refractivity contribution in [3.63, 3.8) is 0 Å². The summed E-state index contributed by atoms with van der Waals surface area (Å²) in [5.41, 5.74) is -0.415. The zero-order valence-electron chi connectivity index (χ0n) is 11.1. The van der Waals surface area contributed by atoms with Crippen LogP contribution in [0.2, 0.25) is 0 Å². The first-order chi connectivity index (χ1) is 10.4. The molecule has 0 fully saturated rings. The van der Waals surface area contributed by atoms with Crippen LogP contribution in [0.5, 0.6) is 0 Å². The minimum Gasteiger partial charge on any atom is -0.436 e. The average molecular weight is 307 g/mol. The summed E-state index contributed by atoms with van der Waals surface area (Å²) >= 11 is 0. The van der Waals surface area contributed by atoms with Gasteiger partial charge in [0.25, 0.3) is 0 Å². The molecule has 0 saturated heterocycles. The summed E-state index contributed by atoms with van der Waals surface area (Å²) in [4.78, 5) is 3.93. The maximum Gasteiger partial charge on any atom is 0.416 e. The van der Waals surface area contributed by atoms with Crippen LogP contribution in [0.1, 0.15) is 5.56 Å². The number of rotatable bonds is 2. The molecule has 0 amide bonds. The second kappa shape index (κ2) is 5.29. The Morgan fingerprint density at radius 3 is 2.45 bits per heavy atom. The molecule has 0 aliphatic rings. The Bertz CT molecular complexity index is 808. The van der Waals surface area contributed by atoms with Crippen molar-refractivity contribution in [2.45, 2.75) is 6.18 Å². The molecule has 0 bridgehead atoms. The third-order valence-corrected chi connectivity index (χ3v) is 3.08. The van der Waals surface area contributed by atoms with Gasteiger partial charge < -0.3 is 4.42 Å². The molecule has 0 spiro atoms. The number of oxazole rings is 1. The molecule has 112 valence electrons. The van der Waals surface area contributed by atoms with E-state index in [0.717, 1.165) is 12.1 Å². The molecule has 2 nitrogen and oxygen atoms in total. The molecule has 3 rings (SSSR count). The smallest absolute Gasteiger partial charge is 0.416 e. The van der Waals surface area contributed by atoms with Crippen molar-refractivity contribution in [2.75, 3.05) is 0 Å². The molecule has 1 heterocycles. The van der Waals surface area contributed by atoms with Crippen LogP contribution in [-0.4, -0.2) is 4.98 Å². The largest absolute Gasteiger partial charge is 0.436 e. The second-order valence-corrected chi connectivity index (χ2v) is 4.59. The minimum atomic E-state index is -4.45. The maximum atomic E-state index is 13.7. The fourth-order valence-electron chi connectivity index (χ4n) is 2.02. The maximum absolute atomic E-state index is 13.7. The monoisotopic (exact) mass is 307 g/mol. The van der Waals surface area contributed by atoms with Gasteiger partial charge in [-0.15, -0.1) is 0 Å². The van der Waals surface area contributed by atoms with E-state index >= 15 is 0 Å². The lowest BCUT2D eigenvalue weighted by molar-refractivity contribution is -0.137. The van der Waals surface area contributed by atoms with E-state index in [-0.39, 0.29) is 22.8 Å². The van der Waals surface area contributed by atoms with Crippen molar-refractivity contribution >= 4 is 0 Å². The Morgan fingerprint density at radius 1 is 0.955 bits per heavy atom. The van der Waals surface area contributed by atoms with Gasteiger partial charge in [-0.3, -0.25) is 0 Å². The van der Waals surface area contributed by atoms with Crippen LogP contribution in [0.15, 0.2) is 59.1 Å². The van der Waals surface area contributed by atoms with E-state index in [9.17, 15) is 17.6 Å². The number of nitrogens with zero attached hydrogens (tertiary/aromatic N) is 1. The molecule has 3 aromatic rings. The van der Waals surface area contributed by atoms with Gasteiger partial charge in [0, 0.05) is 5.56 Å². The summed E-state index contributed by atoms with van der Waals surface area (Å²) < 4.78 is 57.2. The van der Waals surface area contributed by atoms with Crippen molar-refractivity contribution < 1.29 is 22.0 Å². The first kappa shape index (κ1) is 14.3. The Labute approximate surface area is 123 Å². The van der Waals surface area contributed by atoms with E-state index in [1.807, 2.05) is 0 Å². The quantitative estimate of drug-likeness (QED) is 0.611. The zero-order valence-corrected chi connectivity index (χ0v) is 11.1. The topological polar surface area (TPSA) is 26.0 Å². The molecule has 0 aliphatic carbocycles. The molecular weight excluding hydrogens is 298 g/mol. The third-order valence-electron chi connectivity index (χ3n) is 3.08. The second-order valence-electron chi connectivity index (χ2n) is 4.59. The van der Waals surface area contributed by atoms with Gasteiger partial charge in [0.1, 0.15) is 5.82 Å². The van der Waals surface area contributed by atoms with Crippen LogP contribution < -0.4 is 0 Å². The lowest BCUT2D eigenvalue weighted by atomic mass is 10.1. The molecule has 0 radical (unpaired) electrons. The van der Waals surface area contributed by atoms with Gasteiger partial charge in [0.05, 0.1) is 17.3 Å². The summed E-state index contributed by atoms with van der Waals surface area (Å²) in [5.74, 6) is -0.330. The van der Waals surface area contributed by atoms with E-state index in [2.05, 4.69) is 4.98 Å².